The Kier molecular flexibility index (Phi) is 3.51. The Bertz CT molecular complexity index is 598. The van der Waals surface area contributed by atoms with Crippen molar-refractivity contribution in [1.82, 2.24) is 0 Å². The Hall–Kier alpha value is -1.81. The maximum absolute atomic E-state index is 5.80. The second kappa shape index (κ2) is 5.45. The summed E-state index contributed by atoms with van der Waals surface area (Å²) in [5.41, 5.74) is 1.06. The number of ether oxygens (including phenoxy) is 1. The number of hydrogen-bond acceptors (Lipinski definition) is 3. The van der Waals surface area contributed by atoms with Crippen molar-refractivity contribution in [1.29, 1.82) is 0 Å². The van der Waals surface area contributed by atoms with Gasteiger partial charge in [-0.05, 0) is 45.8 Å². The van der Waals surface area contributed by atoms with Crippen LogP contribution in [0.5, 0.6) is 11.5 Å². The van der Waals surface area contributed by atoms with Crippen LogP contribution in [-0.2, 0) is 4.84 Å². The van der Waals surface area contributed by atoms with Gasteiger partial charge in [0.2, 0.25) is 0 Å². The van der Waals surface area contributed by atoms with Crippen LogP contribution < -0.4 is 4.74 Å². The molecule has 0 bridgehead atoms. The molecule has 1 heterocycles. The highest BCUT2D eigenvalue weighted by molar-refractivity contribution is 9.18. The van der Waals surface area contributed by atoms with Crippen LogP contribution in [0.4, 0.5) is 0 Å². The highest BCUT2D eigenvalue weighted by Crippen LogP contribution is 2.31. The summed E-state index contributed by atoms with van der Waals surface area (Å²) >= 11 is 3.34. The Balaban J connectivity index is 1.77. The average molecular weight is 318 g/mol. The van der Waals surface area contributed by atoms with E-state index in [1.165, 1.54) is 0 Å². The molecule has 1 atom stereocenters. The molecule has 0 radical (unpaired) electrons. The summed E-state index contributed by atoms with van der Waals surface area (Å²) in [6, 6.07) is 17.6. The van der Waals surface area contributed by atoms with Gasteiger partial charge in [-0.1, -0.05) is 35.5 Å². The molecular formula is C15H12BrNO2. The Morgan fingerprint density at radius 1 is 1.05 bits per heavy atom. The smallest absolute Gasteiger partial charge is 0.158 e. The van der Waals surface area contributed by atoms with Crippen LogP contribution in [-0.4, -0.2) is 4.62 Å². The van der Waals surface area contributed by atoms with Crippen LogP contribution in [0.2, 0.25) is 0 Å². The third kappa shape index (κ3) is 2.96. The Morgan fingerprint density at radius 3 is 2.58 bits per heavy atom. The van der Waals surface area contributed by atoms with Crippen molar-refractivity contribution in [2.75, 3.05) is 0 Å². The maximum Gasteiger partial charge on any atom is 0.158 e. The zero-order valence-electron chi connectivity index (χ0n) is 10.1. The highest BCUT2D eigenvalue weighted by atomic mass is 79.9. The number of para-hydroxylation sites is 1. The zero-order chi connectivity index (χ0) is 13.1. The van der Waals surface area contributed by atoms with E-state index in [4.69, 9.17) is 9.57 Å². The first-order valence-corrected chi connectivity index (χ1v) is 6.81. The summed E-state index contributed by atoms with van der Waals surface area (Å²) in [5.74, 6) is 1.62. The molecule has 0 N–H and O–H groups in total. The van der Waals surface area contributed by atoms with Crippen LogP contribution in [0.15, 0.2) is 59.8 Å². The third-order valence-corrected chi connectivity index (χ3v) is 3.31. The monoisotopic (exact) mass is 317 g/mol. The molecule has 96 valence electrons. The first-order valence-electron chi connectivity index (χ1n) is 6.02. The van der Waals surface area contributed by atoms with Gasteiger partial charge in [0.1, 0.15) is 16.1 Å². The summed E-state index contributed by atoms with van der Waals surface area (Å²) < 4.78 is 6.64. The highest BCUT2D eigenvalue weighted by Gasteiger charge is 2.21. The van der Waals surface area contributed by atoms with Crippen LogP contribution in [0.25, 0.3) is 0 Å². The first-order chi connectivity index (χ1) is 9.31. The number of benzene rings is 2. The molecule has 4 heteroatoms. The van der Waals surface area contributed by atoms with E-state index in [1.807, 2.05) is 54.6 Å². The third-order valence-electron chi connectivity index (χ3n) is 2.84. The van der Waals surface area contributed by atoms with Crippen LogP contribution in [0, 0.1) is 0 Å². The second-order valence-electron chi connectivity index (χ2n) is 4.25. The molecule has 2 aromatic carbocycles. The zero-order valence-corrected chi connectivity index (χ0v) is 11.7. The van der Waals surface area contributed by atoms with E-state index in [0.717, 1.165) is 28.1 Å². The van der Waals surface area contributed by atoms with Crippen molar-refractivity contribution >= 4 is 20.6 Å². The lowest BCUT2D eigenvalue weighted by molar-refractivity contribution is 0.0856. The molecule has 0 spiro atoms. The fourth-order valence-corrected chi connectivity index (χ4v) is 2.31. The van der Waals surface area contributed by atoms with Crippen molar-refractivity contribution < 1.29 is 9.57 Å². The Morgan fingerprint density at radius 2 is 1.84 bits per heavy atom. The molecule has 3 rings (SSSR count). The first kappa shape index (κ1) is 12.2. The van der Waals surface area contributed by atoms with Crippen LogP contribution >= 0.6 is 15.9 Å². The molecule has 3 nitrogen and oxygen atoms in total. The summed E-state index contributed by atoms with van der Waals surface area (Å²) in [6.45, 7) is 0. The number of halogens is 1. The fourth-order valence-electron chi connectivity index (χ4n) is 1.93. The van der Waals surface area contributed by atoms with Crippen LogP contribution in [0.3, 0.4) is 0 Å². The van der Waals surface area contributed by atoms with E-state index in [9.17, 15) is 0 Å². The lowest BCUT2D eigenvalue weighted by Crippen LogP contribution is -1.97. The van der Waals surface area contributed by atoms with Crippen molar-refractivity contribution in [2.24, 2.45) is 5.16 Å². The topological polar surface area (TPSA) is 30.8 Å². The van der Waals surface area contributed by atoms with Gasteiger partial charge in [0.25, 0.3) is 0 Å². The molecule has 0 aromatic heterocycles. The van der Waals surface area contributed by atoms with E-state index in [0.29, 0.717) is 0 Å². The molecule has 0 fully saturated rings. The number of oxime groups is 1. The molecule has 0 saturated carbocycles. The van der Waals surface area contributed by atoms with Gasteiger partial charge in [0.15, 0.2) is 6.10 Å². The molecule has 0 saturated heterocycles. The van der Waals surface area contributed by atoms with Gasteiger partial charge in [0.05, 0.1) is 0 Å². The summed E-state index contributed by atoms with van der Waals surface area (Å²) in [6.07, 6.45) is 0.725. The van der Waals surface area contributed by atoms with E-state index in [2.05, 4.69) is 21.1 Å². The minimum atomic E-state index is -0.0336. The molecule has 0 amide bonds. The lowest BCUT2D eigenvalue weighted by Gasteiger charge is -2.11. The average Bonchev–Trinajstić information content (AvgIpc) is 2.87. The fraction of sp³-hybridized carbons (Fsp3) is 0.133. The van der Waals surface area contributed by atoms with Gasteiger partial charge in [0, 0.05) is 6.42 Å². The predicted molar refractivity (Wildman–Crippen MR) is 77.8 cm³/mol. The van der Waals surface area contributed by atoms with E-state index in [1.54, 1.807) is 0 Å². The standard InChI is InChI=1S/C15H12BrNO2/c16-15-10-14(19-17-15)11-5-4-8-13(9-11)18-12-6-2-1-3-7-12/h1-9,14H,10H2/t14-/m1/s1. The number of nitrogens with zero attached hydrogens (tertiary/aromatic N) is 1. The number of rotatable bonds is 3. The predicted octanol–water partition coefficient (Wildman–Crippen LogP) is 4.65. The van der Waals surface area contributed by atoms with E-state index >= 15 is 0 Å². The van der Waals surface area contributed by atoms with Gasteiger partial charge in [-0.3, -0.25) is 0 Å². The second-order valence-corrected chi connectivity index (χ2v) is 5.17. The van der Waals surface area contributed by atoms with E-state index < -0.39 is 0 Å². The molecule has 2 aromatic rings. The van der Waals surface area contributed by atoms with E-state index in [-0.39, 0.29) is 6.10 Å². The van der Waals surface area contributed by atoms with Crippen LogP contribution in [0.1, 0.15) is 18.1 Å². The van der Waals surface area contributed by atoms with Gasteiger partial charge in [-0.25, -0.2) is 0 Å². The normalized spacial score (nSPS) is 17.7. The maximum atomic E-state index is 5.80. The lowest BCUT2D eigenvalue weighted by atomic mass is 10.1. The van der Waals surface area contributed by atoms with Gasteiger partial charge in [-0.15, -0.1) is 0 Å². The minimum absolute atomic E-state index is 0.0336. The summed E-state index contributed by atoms with van der Waals surface area (Å²) in [4.78, 5) is 5.34. The molecule has 19 heavy (non-hydrogen) atoms. The van der Waals surface area contributed by atoms with Crippen molar-refractivity contribution in [2.45, 2.75) is 12.5 Å². The van der Waals surface area contributed by atoms with Gasteiger partial charge < -0.3 is 9.57 Å². The quantitative estimate of drug-likeness (QED) is 0.825. The van der Waals surface area contributed by atoms with Crippen molar-refractivity contribution in [3.8, 4) is 11.5 Å². The van der Waals surface area contributed by atoms with Crippen molar-refractivity contribution in [3.05, 3.63) is 60.2 Å². The largest absolute Gasteiger partial charge is 0.457 e. The summed E-state index contributed by atoms with van der Waals surface area (Å²) in [5, 5.41) is 3.90. The summed E-state index contributed by atoms with van der Waals surface area (Å²) in [7, 11) is 0. The molecule has 0 unspecified atom stereocenters. The van der Waals surface area contributed by atoms with Gasteiger partial charge in [-0.2, -0.15) is 0 Å². The molecule has 0 aliphatic carbocycles. The molecular weight excluding hydrogens is 306 g/mol. The minimum Gasteiger partial charge on any atom is -0.457 e. The number of hydrogen-bond donors (Lipinski definition) is 0. The molecule has 1 aliphatic heterocycles. The van der Waals surface area contributed by atoms with Crippen molar-refractivity contribution in [3.63, 3.8) is 0 Å². The SMILES string of the molecule is BrC1=NO[C@@H](c2cccc(Oc3ccccc3)c2)C1. The molecule has 1 aliphatic rings. The Labute approximate surface area is 120 Å². The van der Waals surface area contributed by atoms with Gasteiger partial charge >= 0.3 is 0 Å².